The van der Waals surface area contributed by atoms with Crippen molar-refractivity contribution < 1.29 is 14.5 Å². The summed E-state index contributed by atoms with van der Waals surface area (Å²) in [4.78, 5) is 25.2. The van der Waals surface area contributed by atoms with Gasteiger partial charge in [-0.05, 0) is 18.2 Å². The highest BCUT2D eigenvalue weighted by Gasteiger charge is 2.18. The molecule has 0 atom stereocenters. The predicted molar refractivity (Wildman–Crippen MR) is 93.5 cm³/mol. The van der Waals surface area contributed by atoms with E-state index in [9.17, 15) is 14.9 Å². The Kier molecular flexibility index (Phi) is 6.34. The Bertz CT molecular complexity index is 747. The van der Waals surface area contributed by atoms with Crippen LogP contribution in [0.15, 0.2) is 49.1 Å². The third kappa shape index (κ3) is 4.81. The van der Waals surface area contributed by atoms with Gasteiger partial charge in [0.25, 0.3) is 5.91 Å². The van der Waals surface area contributed by atoms with Crippen LogP contribution in [0.4, 0.5) is 5.69 Å². The van der Waals surface area contributed by atoms with Crippen LogP contribution < -0.4 is 4.74 Å². The topological polar surface area (TPSA) is 72.7 Å². The van der Waals surface area contributed by atoms with Crippen molar-refractivity contribution in [1.29, 1.82) is 0 Å². The fourth-order valence-corrected chi connectivity index (χ4v) is 3.10. The first-order valence-corrected chi connectivity index (χ1v) is 8.20. The quantitative estimate of drug-likeness (QED) is 0.403. The second-order valence-electron chi connectivity index (χ2n) is 4.78. The number of nitro benzene ring substituents is 1. The van der Waals surface area contributed by atoms with Gasteiger partial charge in [-0.25, -0.2) is 0 Å². The fourth-order valence-electron chi connectivity index (χ4n) is 2.00. The normalized spacial score (nSPS) is 10.2. The number of hydrogen-bond donors (Lipinski definition) is 0. The standard InChI is InChI=1S/C16H15ClN2O4S/c1-2-9-18(10-12-7-8-15(17)24-12)16(20)11-23-14-6-4-3-5-13(14)19(21)22/h2-8H,1,9-11H2. The average molecular weight is 367 g/mol. The summed E-state index contributed by atoms with van der Waals surface area (Å²) in [5.74, 6) is -0.230. The molecule has 1 aromatic heterocycles. The summed E-state index contributed by atoms with van der Waals surface area (Å²) in [6.45, 7) is 4.06. The van der Waals surface area contributed by atoms with Gasteiger partial charge in [-0.2, -0.15) is 0 Å². The van der Waals surface area contributed by atoms with Gasteiger partial charge in [0.15, 0.2) is 12.4 Å². The van der Waals surface area contributed by atoms with E-state index in [1.165, 1.54) is 29.5 Å². The average Bonchev–Trinajstić information content (AvgIpc) is 2.97. The number of nitrogens with zero attached hydrogens (tertiary/aromatic N) is 2. The molecule has 24 heavy (non-hydrogen) atoms. The van der Waals surface area contributed by atoms with E-state index in [1.54, 1.807) is 23.1 Å². The Hall–Kier alpha value is -2.38. The zero-order valence-corrected chi connectivity index (χ0v) is 14.3. The molecule has 2 aromatic rings. The molecule has 8 heteroatoms. The Morgan fingerprint density at radius 3 is 2.75 bits per heavy atom. The Morgan fingerprint density at radius 1 is 1.38 bits per heavy atom. The lowest BCUT2D eigenvalue weighted by Gasteiger charge is -2.20. The van der Waals surface area contributed by atoms with Gasteiger partial charge < -0.3 is 9.64 Å². The maximum Gasteiger partial charge on any atom is 0.310 e. The van der Waals surface area contributed by atoms with E-state index in [1.807, 2.05) is 6.07 Å². The number of para-hydroxylation sites is 2. The van der Waals surface area contributed by atoms with E-state index < -0.39 is 4.92 Å². The summed E-state index contributed by atoms with van der Waals surface area (Å²) in [5, 5.41) is 11.0. The van der Waals surface area contributed by atoms with Crippen LogP contribution in [0.5, 0.6) is 5.75 Å². The Labute approximate surface area is 148 Å². The van der Waals surface area contributed by atoms with Crippen LogP contribution in [0.3, 0.4) is 0 Å². The van der Waals surface area contributed by atoms with Crippen LogP contribution in [-0.2, 0) is 11.3 Å². The van der Waals surface area contributed by atoms with Gasteiger partial charge in [0.05, 0.1) is 15.8 Å². The monoisotopic (exact) mass is 366 g/mol. The molecule has 0 bridgehead atoms. The van der Waals surface area contributed by atoms with Crippen molar-refractivity contribution in [2.75, 3.05) is 13.2 Å². The first-order chi connectivity index (χ1) is 11.5. The fraction of sp³-hybridized carbons (Fsp3) is 0.188. The molecular formula is C16H15ClN2O4S. The molecule has 2 rings (SSSR count). The smallest absolute Gasteiger partial charge is 0.310 e. The van der Waals surface area contributed by atoms with E-state index in [-0.39, 0.29) is 24.0 Å². The number of amides is 1. The molecule has 0 radical (unpaired) electrons. The van der Waals surface area contributed by atoms with Crippen molar-refractivity contribution in [1.82, 2.24) is 4.90 Å². The van der Waals surface area contributed by atoms with Crippen LogP contribution >= 0.6 is 22.9 Å². The maximum absolute atomic E-state index is 12.4. The molecular weight excluding hydrogens is 352 g/mol. The highest BCUT2D eigenvalue weighted by atomic mass is 35.5. The minimum absolute atomic E-state index is 0.0635. The van der Waals surface area contributed by atoms with Crippen molar-refractivity contribution >= 4 is 34.5 Å². The van der Waals surface area contributed by atoms with Crippen LogP contribution in [0.2, 0.25) is 4.34 Å². The Morgan fingerprint density at radius 2 is 2.12 bits per heavy atom. The number of halogens is 1. The number of thiophene rings is 1. The van der Waals surface area contributed by atoms with Gasteiger partial charge >= 0.3 is 5.69 Å². The molecule has 0 N–H and O–H groups in total. The van der Waals surface area contributed by atoms with E-state index in [2.05, 4.69) is 6.58 Å². The zero-order valence-electron chi connectivity index (χ0n) is 12.7. The van der Waals surface area contributed by atoms with Gasteiger partial charge in [0.2, 0.25) is 0 Å². The molecule has 0 fully saturated rings. The van der Waals surface area contributed by atoms with Crippen molar-refractivity contribution in [2.24, 2.45) is 0 Å². The van der Waals surface area contributed by atoms with Gasteiger partial charge in [-0.3, -0.25) is 14.9 Å². The van der Waals surface area contributed by atoms with Gasteiger partial charge in [-0.15, -0.1) is 17.9 Å². The minimum Gasteiger partial charge on any atom is -0.477 e. The van der Waals surface area contributed by atoms with Crippen molar-refractivity contribution in [3.8, 4) is 5.75 Å². The number of ether oxygens (including phenoxy) is 1. The lowest BCUT2D eigenvalue weighted by atomic mass is 10.3. The second kappa shape index (κ2) is 8.47. The number of carbonyl (C=O) groups is 1. The maximum atomic E-state index is 12.4. The zero-order chi connectivity index (χ0) is 17.5. The predicted octanol–water partition coefficient (Wildman–Crippen LogP) is 3.90. The van der Waals surface area contributed by atoms with Gasteiger partial charge in [-0.1, -0.05) is 29.8 Å². The number of carbonyl (C=O) groups excluding carboxylic acids is 1. The number of nitro groups is 1. The van der Waals surface area contributed by atoms with Crippen LogP contribution in [-0.4, -0.2) is 28.9 Å². The molecule has 0 aliphatic heterocycles. The molecule has 6 nitrogen and oxygen atoms in total. The van der Waals surface area contributed by atoms with E-state index in [0.29, 0.717) is 17.4 Å². The van der Waals surface area contributed by atoms with E-state index in [0.717, 1.165) is 4.88 Å². The molecule has 126 valence electrons. The van der Waals surface area contributed by atoms with Crippen molar-refractivity contribution in [3.63, 3.8) is 0 Å². The number of hydrogen-bond acceptors (Lipinski definition) is 5. The molecule has 0 spiro atoms. The van der Waals surface area contributed by atoms with Gasteiger partial charge in [0.1, 0.15) is 0 Å². The van der Waals surface area contributed by atoms with Crippen molar-refractivity contribution in [2.45, 2.75) is 6.54 Å². The summed E-state index contributed by atoms with van der Waals surface area (Å²) in [6, 6.07) is 9.55. The van der Waals surface area contributed by atoms with E-state index >= 15 is 0 Å². The third-order valence-corrected chi connectivity index (χ3v) is 4.31. The lowest BCUT2D eigenvalue weighted by molar-refractivity contribution is -0.385. The molecule has 1 heterocycles. The third-order valence-electron chi connectivity index (χ3n) is 3.09. The minimum atomic E-state index is -0.547. The molecule has 0 saturated carbocycles. The number of rotatable bonds is 8. The largest absolute Gasteiger partial charge is 0.477 e. The molecule has 0 aliphatic rings. The Balaban J connectivity index is 2.03. The molecule has 1 aromatic carbocycles. The highest BCUT2D eigenvalue weighted by Crippen LogP contribution is 2.26. The molecule has 0 aliphatic carbocycles. The molecule has 0 unspecified atom stereocenters. The van der Waals surface area contributed by atoms with Crippen LogP contribution in [0.1, 0.15) is 4.88 Å². The van der Waals surface area contributed by atoms with Crippen LogP contribution in [0, 0.1) is 10.1 Å². The van der Waals surface area contributed by atoms with Crippen molar-refractivity contribution in [3.05, 3.63) is 68.4 Å². The second-order valence-corrected chi connectivity index (χ2v) is 6.58. The summed E-state index contributed by atoms with van der Waals surface area (Å²) in [6.07, 6.45) is 1.61. The van der Waals surface area contributed by atoms with Gasteiger partial charge in [0, 0.05) is 17.5 Å². The summed E-state index contributed by atoms with van der Waals surface area (Å²) >= 11 is 7.28. The molecule has 0 saturated heterocycles. The summed E-state index contributed by atoms with van der Waals surface area (Å²) < 4.78 is 5.99. The van der Waals surface area contributed by atoms with Crippen LogP contribution in [0.25, 0.3) is 0 Å². The number of benzene rings is 1. The molecule has 1 amide bonds. The first kappa shape index (κ1) is 18.0. The highest BCUT2D eigenvalue weighted by molar-refractivity contribution is 7.16. The lowest BCUT2D eigenvalue weighted by Crippen LogP contribution is -2.34. The SMILES string of the molecule is C=CCN(Cc1ccc(Cl)s1)C(=O)COc1ccccc1[N+](=O)[O-]. The van der Waals surface area contributed by atoms with E-state index in [4.69, 9.17) is 16.3 Å². The first-order valence-electron chi connectivity index (χ1n) is 7.00. The summed E-state index contributed by atoms with van der Waals surface area (Å²) in [7, 11) is 0. The summed E-state index contributed by atoms with van der Waals surface area (Å²) in [5.41, 5.74) is -0.175.